The highest BCUT2D eigenvalue weighted by Gasteiger charge is 2.00. The molecule has 3 nitrogen and oxygen atoms in total. The summed E-state index contributed by atoms with van der Waals surface area (Å²) in [5.41, 5.74) is 0.913. The van der Waals surface area contributed by atoms with Gasteiger partial charge in [-0.2, -0.15) is 0 Å². The first-order valence-corrected chi connectivity index (χ1v) is 11.9. The molecule has 0 atom stereocenters. The summed E-state index contributed by atoms with van der Waals surface area (Å²) in [5.74, 6) is 0.0460. The largest absolute Gasteiger partial charge is 0.376 e. The molecule has 0 aromatic heterocycles. The van der Waals surface area contributed by atoms with E-state index in [0.29, 0.717) is 11.6 Å². The van der Waals surface area contributed by atoms with Gasteiger partial charge in [0.05, 0.1) is 6.54 Å². The molecule has 0 saturated carbocycles. The van der Waals surface area contributed by atoms with Gasteiger partial charge in [0, 0.05) is 17.3 Å². The number of halogens is 1. The molecule has 28 heavy (non-hydrogen) atoms. The third-order valence-electron chi connectivity index (χ3n) is 5.15. The fourth-order valence-electron chi connectivity index (χ4n) is 3.36. The van der Waals surface area contributed by atoms with Gasteiger partial charge in [-0.1, -0.05) is 102 Å². The lowest BCUT2D eigenvalue weighted by Crippen LogP contribution is -2.30. The number of unbranched alkanes of at least 4 members (excludes halogenated alkanes) is 13. The molecule has 0 spiro atoms. The average molecular weight is 409 g/mol. The number of anilines is 1. The van der Waals surface area contributed by atoms with Crippen LogP contribution in [0, 0.1) is 0 Å². The van der Waals surface area contributed by atoms with Gasteiger partial charge >= 0.3 is 0 Å². The highest BCUT2D eigenvalue weighted by Crippen LogP contribution is 2.13. The highest BCUT2D eigenvalue weighted by atomic mass is 35.5. The molecule has 0 aliphatic heterocycles. The van der Waals surface area contributed by atoms with Gasteiger partial charge in [0.1, 0.15) is 0 Å². The summed E-state index contributed by atoms with van der Waals surface area (Å²) >= 11 is 5.84. The average Bonchev–Trinajstić information content (AvgIpc) is 2.70. The molecule has 0 aliphatic carbocycles. The van der Waals surface area contributed by atoms with Gasteiger partial charge in [-0.25, -0.2) is 0 Å². The number of amides is 1. The number of benzene rings is 1. The van der Waals surface area contributed by atoms with Crippen LogP contribution < -0.4 is 10.6 Å². The van der Waals surface area contributed by atoms with Crippen LogP contribution in [-0.2, 0) is 4.79 Å². The van der Waals surface area contributed by atoms with Crippen LogP contribution in [0.3, 0.4) is 0 Å². The summed E-state index contributed by atoms with van der Waals surface area (Å²) in [6.07, 6.45) is 19.0. The van der Waals surface area contributed by atoms with Crippen molar-refractivity contribution in [1.82, 2.24) is 5.32 Å². The van der Waals surface area contributed by atoms with Gasteiger partial charge in [-0.15, -0.1) is 0 Å². The van der Waals surface area contributed by atoms with Gasteiger partial charge in [0.2, 0.25) is 5.91 Å². The zero-order chi connectivity index (χ0) is 20.3. The molecule has 0 saturated heterocycles. The Balaban J connectivity index is 1.80. The smallest absolute Gasteiger partial charge is 0.239 e. The zero-order valence-corrected chi connectivity index (χ0v) is 18.7. The number of hydrogen-bond donors (Lipinski definition) is 2. The van der Waals surface area contributed by atoms with E-state index in [-0.39, 0.29) is 5.91 Å². The normalized spacial score (nSPS) is 10.8. The Morgan fingerprint density at radius 1 is 0.750 bits per heavy atom. The van der Waals surface area contributed by atoms with E-state index < -0.39 is 0 Å². The molecular formula is C24H41ClN2O. The second-order valence-electron chi connectivity index (χ2n) is 7.81. The van der Waals surface area contributed by atoms with Crippen LogP contribution >= 0.6 is 11.6 Å². The maximum absolute atomic E-state index is 11.8. The Labute approximate surface area is 178 Å². The molecule has 2 N–H and O–H groups in total. The minimum atomic E-state index is 0.0460. The van der Waals surface area contributed by atoms with Crippen LogP contribution in [-0.4, -0.2) is 19.0 Å². The quantitative estimate of drug-likeness (QED) is 0.249. The summed E-state index contributed by atoms with van der Waals surface area (Å²) in [4.78, 5) is 11.8. The molecule has 0 radical (unpaired) electrons. The van der Waals surface area contributed by atoms with Crippen molar-refractivity contribution in [3.8, 4) is 0 Å². The van der Waals surface area contributed by atoms with Crippen LogP contribution in [0.4, 0.5) is 5.69 Å². The molecule has 1 amide bonds. The van der Waals surface area contributed by atoms with E-state index in [1.54, 1.807) is 0 Å². The number of rotatable bonds is 18. The maximum atomic E-state index is 11.8. The van der Waals surface area contributed by atoms with E-state index in [2.05, 4.69) is 17.6 Å². The van der Waals surface area contributed by atoms with Crippen molar-refractivity contribution < 1.29 is 4.79 Å². The minimum absolute atomic E-state index is 0.0460. The summed E-state index contributed by atoms with van der Waals surface area (Å²) < 4.78 is 0. The van der Waals surface area contributed by atoms with Crippen LogP contribution in [0.15, 0.2) is 24.3 Å². The lowest BCUT2D eigenvalue weighted by molar-refractivity contribution is -0.119. The molecule has 0 aliphatic rings. The number of carbonyl (C=O) groups excluding carboxylic acids is 1. The van der Waals surface area contributed by atoms with Gasteiger partial charge in [0.25, 0.3) is 0 Å². The molecule has 0 fully saturated rings. The van der Waals surface area contributed by atoms with E-state index in [4.69, 9.17) is 11.6 Å². The maximum Gasteiger partial charge on any atom is 0.239 e. The zero-order valence-electron chi connectivity index (χ0n) is 17.9. The number of carbonyl (C=O) groups is 1. The third kappa shape index (κ3) is 14.8. The summed E-state index contributed by atoms with van der Waals surface area (Å²) in [5, 5.41) is 6.79. The van der Waals surface area contributed by atoms with E-state index in [1.807, 2.05) is 24.3 Å². The molecule has 1 aromatic rings. The van der Waals surface area contributed by atoms with Crippen molar-refractivity contribution in [2.45, 2.75) is 96.8 Å². The summed E-state index contributed by atoms with van der Waals surface area (Å²) in [6.45, 7) is 3.36. The molecule has 1 aromatic carbocycles. The Hall–Kier alpha value is -1.22. The van der Waals surface area contributed by atoms with Crippen molar-refractivity contribution in [3.63, 3.8) is 0 Å². The van der Waals surface area contributed by atoms with Gasteiger partial charge in [-0.3, -0.25) is 4.79 Å². The van der Waals surface area contributed by atoms with Crippen LogP contribution in [0.1, 0.15) is 96.8 Å². The highest BCUT2D eigenvalue weighted by molar-refractivity contribution is 6.30. The fraction of sp³-hybridized carbons (Fsp3) is 0.708. The first-order chi connectivity index (χ1) is 13.7. The molecule has 0 unspecified atom stereocenters. The van der Waals surface area contributed by atoms with E-state index in [0.717, 1.165) is 18.7 Å². The van der Waals surface area contributed by atoms with Crippen LogP contribution in [0.2, 0.25) is 5.02 Å². The van der Waals surface area contributed by atoms with Gasteiger partial charge in [0.15, 0.2) is 0 Å². The first-order valence-electron chi connectivity index (χ1n) is 11.5. The predicted octanol–water partition coefficient (Wildman–Crippen LogP) is 7.35. The number of hydrogen-bond acceptors (Lipinski definition) is 2. The van der Waals surface area contributed by atoms with E-state index in [1.165, 1.54) is 83.5 Å². The molecule has 1 rings (SSSR count). The third-order valence-corrected chi connectivity index (χ3v) is 5.40. The Bertz CT molecular complexity index is 490. The first kappa shape index (κ1) is 24.8. The van der Waals surface area contributed by atoms with Crippen molar-refractivity contribution in [2.24, 2.45) is 0 Å². The van der Waals surface area contributed by atoms with Crippen molar-refractivity contribution in [2.75, 3.05) is 18.4 Å². The SMILES string of the molecule is CCCCCCCCCCCCCCCCNC(=O)CNc1ccc(Cl)cc1. The molecule has 160 valence electrons. The Morgan fingerprint density at radius 2 is 1.21 bits per heavy atom. The molecule has 0 heterocycles. The van der Waals surface area contributed by atoms with E-state index >= 15 is 0 Å². The fourth-order valence-corrected chi connectivity index (χ4v) is 3.49. The van der Waals surface area contributed by atoms with Crippen LogP contribution in [0.25, 0.3) is 0 Å². The second kappa shape index (κ2) is 17.8. The Kier molecular flexibility index (Phi) is 15.8. The molecule has 4 heteroatoms. The number of nitrogens with one attached hydrogen (secondary N) is 2. The minimum Gasteiger partial charge on any atom is -0.376 e. The van der Waals surface area contributed by atoms with Crippen molar-refractivity contribution >= 4 is 23.2 Å². The van der Waals surface area contributed by atoms with Crippen molar-refractivity contribution in [1.29, 1.82) is 0 Å². The lowest BCUT2D eigenvalue weighted by atomic mass is 10.0. The van der Waals surface area contributed by atoms with Gasteiger partial charge in [-0.05, 0) is 30.7 Å². The van der Waals surface area contributed by atoms with E-state index in [9.17, 15) is 4.79 Å². The predicted molar refractivity (Wildman–Crippen MR) is 123 cm³/mol. The Morgan fingerprint density at radius 3 is 1.71 bits per heavy atom. The summed E-state index contributed by atoms with van der Waals surface area (Å²) in [7, 11) is 0. The standard InChI is InChI=1S/C24H41ClN2O/c1-2-3-4-5-6-7-8-9-10-11-12-13-14-15-20-26-24(28)21-27-23-18-16-22(25)17-19-23/h16-19,27H,2-15,20-21H2,1H3,(H,26,28). The van der Waals surface area contributed by atoms with Crippen LogP contribution in [0.5, 0.6) is 0 Å². The van der Waals surface area contributed by atoms with Gasteiger partial charge < -0.3 is 10.6 Å². The summed E-state index contributed by atoms with van der Waals surface area (Å²) in [6, 6.07) is 7.39. The molecule has 0 bridgehead atoms. The topological polar surface area (TPSA) is 41.1 Å². The second-order valence-corrected chi connectivity index (χ2v) is 8.24. The lowest BCUT2D eigenvalue weighted by Gasteiger charge is -2.08. The van der Waals surface area contributed by atoms with Crippen molar-refractivity contribution in [3.05, 3.63) is 29.3 Å². The molecular weight excluding hydrogens is 368 g/mol. The monoisotopic (exact) mass is 408 g/mol.